The number of sulfonamides is 1. The third-order valence-corrected chi connectivity index (χ3v) is 4.74. The second-order valence-corrected chi connectivity index (χ2v) is 7.31. The van der Waals surface area contributed by atoms with Crippen molar-refractivity contribution in [3.8, 4) is 0 Å². The van der Waals surface area contributed by atoms with Gasteiger partial charge in [-0.25, -0.2) is 27.1 Å². The highest BCUT2D eigenvalue weighted by Crippen LogP contribution is 2.18. The minimum atomic E-state index is -3.51. The molecule has 23 heavy (non-hydrogen) atoms. The molecule has 0 aliphatic carbocycles. The number of benzene rings is 1. The average Bonchev–Trinajstić information content (AvgIpc) is 2.47. The van der Waals surface area contributed by atoms with Crippen LogP contribution in [0.2, 0.25) is 0 Å². The molecule has 0 saturated carbocycles. The number of carbonyl (C=O) groups is 1. The second-order valence-electron chi connectivity index (χ2n) is 5.65. The van der Waals surface area contributed by atoms with Gasteiger partial charge in [-0.15, -0.1) is 0 Å². The summed E-state index contributed by atoms with van der Waals surface area (Å²) in [5.74, 6) is -1.30. The maximum Gasteiger partial charge on any atom is 0.317 e. The Hall–Kier alpha value is -1.74. The number of primary sulfonamides is 1. The van der Waals surface area contributed by atoms with Crippen molar-refractivity contribution in [1.82, 2.24) is 10.2 Å². The molecule has 0 aromatic heterocycles. The van der Waals surface area contributed by atoms with Gasteiger partial charge in [0.25, 0.3) is 0 Å². The third kappa shape index (κ3) is 5.43. The Kier molecular flexibility index (Phi) is 5.53. The van der Waals surface area contributed by atoms with E-state index in [4.69, 9.17) is 5.14 Å². The predicted octanol–water partition coefficient (Wildman–Crippen LogP) is 1.17. The molecule has 2 amide bonds. The first kappa shape index (κ1) is 17.6. The Morgan fingerprint density at radius 1 is 1.30 bits per heavy atom. The number of urea groups is 1. The summed E-state index contributed by atoms with van der Waals surface area (Å²) in [5.41, 5.74) is 0.0717. The van der Waals surface area contributed by atoms with Crippen LogP contribution in [0.25, 0.3) is 0 Å². The summed E-state index contributed by atoms with van der Waals surface area (Å²) in [6, 6.07) is 2.67. The number of piperidine rings is 1. The quantitative estimate of drug-likeness (QED) is 0.856. The number of amides is 2. The van der Waals surface area contributed by atoms with Crippen molar-refractivity contribution in [3.63, 3.8) is 0 Å². The SMILES string of the molecule is NS(=O)(=O)CC1CCN(C(=O)NCc2cc(F)ccc2F)CC1. The molecule has 0 bridgehead atoms. The molecule has 1 saturated heterocycles. The zero-order chi connectivity index (χ0) is 17.0. The number of carbonyl (C=O) groups excluding carboxylic acids is 1. The number of nitrogens with zero attached hydrogens (tertiary/aromatic N) is 1. The van der Waals surface area contributed by atoms with Gasteiger partial charge < -0.3 is 10.2 Å². The fourth-order valence-electron chi connectivity index (χ4n) is 2.59. The lowest BCUT2D eigenvalue weighted by Gasteiger charge is -2.31. The zero-order valence-corrected chi connectivity index (χ0v) is 13.3. The average molecular weight is 347 g/mol. The summed E-state index contributed by atoms with van der Waals surface area (Å²) in [6.45, 7) is 0.689. The summed E-state index contributed by atoms with van der Waals surface area (Å²) in [6.07, 6.45) is 1.08. The lowest BCUT2D eigenvalue weighted by Crippen LogP contribution is -2.45. The van der Waals surface area contributed by atoms with Gasteiger partial charge in [0.05, 0.1) is 5.75 Å². The Morgan fingerprint density at radius 3 is 2.57 bits per heavy atom. The molecule has 1 aliphatic rings. The van der Waals surface area contributed by atoms with Gasteiger partial charge in [0.1, 0.15) is 11.6 Å². The lowest BCUT2D eigenvalue weighted by atomic mass is 9.99. The number of nitrogens with one attached hydrogen (secondary N) is 1. The van der Waals surface area contributed by atoms with E-state index in [9.17, 15) is 22.0 Å². The monoisotopic (exact) mass is 347 g/mol. The third-order valence-electron chi connectivity index (χ3n) is 3.81. The van der Waals surface area contributed by atoms with Gasteiger partial charge in [-0.3, -0.25) is 0 Å². The lowest BCUT2D eigenvalue weighted by molar-refractivity contribution is 0.174. The van der Waals surface area contributed by atoms with Crippen molar-refractivity contribution in [2.45, 2.75) is 19.4 Å². The molecule has 1 aromatic rings. The first-order chi connectivity index (χ1) is 10.7. The van der Waals surface area contributed by atoms with Crippen molar-refractivity contribution < 1.29 is 22.0 Å². The summed E-state index contributed by atoms with van der Waals surface area (Å²) < 4.78 is 48.6. The Labute approximate surface area is 133 Å². The molecule has 0 unspecified atom stereocenters. The highest BCUT2D eigenvalue weighted by Gasteiger charge is 2.25. The molecule has 1 aromatic carbocycles. The van der Waals surface area contributed by atoms with E-state index in [1.54, 1.807) is 0 Å². The first-order valence-electron chi connectivity index (χ1n) is 7.22. The van der Waals surface area contributed by atoms with Gasteiger partial charge in [-0.05, 0) is 37.0 Å². The topological polar surface area (TPSA) is 92.5 Å². The van der Waals surface area contributed by atoms with Gasteiger partial charge in [-0.1, -0.05) is 0 Å². The van der Waals surface area contributed by atoms with E-state index in [0.717, 1.165) is 18.2 Å². The summed E-state index contributed by atoms with van der Waals surface area (Å²) >= 11 is 0. The largest absolute Gasteiger partial charge is 0.334 e. The van der Waals surface area contributed by atoms with Crippen molar-refractivity contribution in [2.24, 2.45) is 11.1 Å². The summed E-state index contributed by atoms with van der Waals surface area (Å²) in [4.78, 5) is 13.5. The van der Waals surface area contributed by atoms with E-state index < -0.39 is 21.7 Å². The first-order valence-corrected chi connectivity index (χ1v) is 8.93. The fraction of sp³-hybridized carbons (Fsp3) is 0.500. The predicted molar refractivity (Wildman–Crippen MR) is 80.9 cm³/mol. The number of hydrogen-bond donors (Lipinski definition) is 2. The van der Waals surface area contributed by atoms with Gasteiger partial charge in [-0.2, -0.15) is 0 Å². The second kappa shape index (κ2) is 7.22. The van der Waals surface area contributed by atoms with Crippen LogP contribution in [0.15, 0.2) is 18.2 Å². The molecule has 0 spiro atoms. The highest BCUT2D eigenvalue weighted by molar-refractivity contribution is 7.89. The molecule has 0 radical (unpaired) electrons. The van der Waals surface area contributed by atoms with Gasteiger partial charge >= 0.3 is 6.03 Å². The molecule has 128 valence electrons. The van der Waals surface area contributed by atoms with Crippen molar-refractivity contribution >= 4 is 16.1 Å². The number of nitrogens with two attached hydrogens (primary N) is 1. The molecule has 1 fully saturated rings. The van der Waals surface area contributed by atoms with Crippen LogP contribution in [0, 0.1) is 17.6 Å². The van der Waals surface area contributed by atoms with Gasteiger partial charge in [0.15, 0.2) is 0 Å². The molecule has 6 nitrogen and oxygen atoms in total. The highest BCUT2D eigenvalue weighted by atomic mass is 32.2. The molecule has 9 heteroatoms. The van der Waals surface area contributed by atoms with Crippen LogP contribution >= 0.6 is 0 Å². The summed E-state index contributed by atoms with van der Waals surface area (Å²) in [5, 5.41) is 7.55. The van der Waals surface area contributed by atoms with Crippen molar-refractivity contribution in [1.29, 1.82) is 0 Å². The zero-order valence-electron chi connectivity index (χ0n) is 12.5. The number of likely N-dealkylation sites (tertiary alicyclic amines) is 1. The van der Waals surface area contributed by atoms with E-state index in [0.29, 0.717) is 25.9 Å². The van der Waals surface area contributed by atoms with E-state index in [2.05, 4.69) is 5.32 Å². The Morgan fingerprint density at radius 2 is 1.96 bits per heavy atom. The van der Waals surface area contributed by atoms with Crippen LogP contribution in [0.5, 0.6) is 0 Å². The Bertz CT molecular complexity index is 674. The van der Waals surface area contributed by atoms with Crippen LogP contribution in [0.1, 0.15) is 18.4 Å². The number of hydrogen-bond acceptors (Lipinski definition) is 3. The maximum absolute atomic E-state index is 13.5. The Balaban J connectivity index is 1.82. The minimum Gasteiger partial charge on any atom is -0.334 e. The molecule has 1 heterocycles. The smallest absolute Gasteiger partial charge is 0.317 e. The fourth-order valence-corrected chi connectivity index (χ4v) is 3.58. The van der Waals surface area contributed by atoms with Crippen LogP contribution in [0.4, 0.5) is 13.6 Å². The minimum absolute atomic E-state index is 0.0605. The van der Waals surface area contributed by atoms with Crippen LogP contribution < -0.4 is 10.5 Å². The van der Waals surface area contributed by atoms with Crippen LogP contribution in [0.3, 0.4) is 0 Å². The van der Waals surface area contributed by atoms with E-state index >= 15 is 0 Å². The van der Waals surface area contributed by atoms with E-state index in [1.165, 1.54) is 4.90 Å². The van der Waals surface area contributed by atoms with Crippen molar-refractivity contribution in [2.75, 3.05) is 18.8 Å². The van der Waals surface area contributed by atoms with Gasteiger partial charge in [0.2, 0.25) is 10.0 Å². The molecule has 3 N–H and O–H groups in total. The van der Waals surface area contributed by atoms with Crippen LogP contribution in [-0.4, -0.2) is 38.2 Å². The normalized spacial score (nSPS) is 16.4. The van der Waals surface area contributed by atoms with E-state index in [1.807, 2.05) is 0 Å². The van der Waals surface area contributed by atoms with Crippen LogP contribution in [-0.2, 0) is 16.6 Å². The maximum atomic E-state index is 13.5. The standard InChI is InChI=1S/C14H19F2N3O3S/c15-12-1-2-13(16)11(7-12)8-18-14(20)19-5-3-10(4-6-19)9-23(17,21)22/h1-2,7,10H,3-6,8-9H2,(H,18,20)(H2,17,21,22). The van der Waals surface area contributed by atoms with Gasteiger partial charge in [0, 0.05) is 25.2 Å². The molecule has 1 aliphatic heterocycles. The number of rotatable bonds is 4. The van der Waals surface area contributed by atoms with Crippen molar-refractivity contribution in [3.05, 3.63) is 35.4 Å². The molecule has 2 rings (SSSR count). The number of halogens is 2. The molecular weight excluding hydrogens is 328 g/mol. The summed E-state index contributed by atoms with van der Waals surface area (Å²) in [7, 11) is -3.51. The van der Waals surface area contributed by atoms with E-state index in [-0.39, 0.29) is 29.8 Å². The molecular formula is C14H19F2N3O3S. The molecule has 0 atom stereocenters.